The van der Waals surface area contributed by atoms with Crippen molar-refractivity contribution in [1.29, 1.82) is 0 Å². The van der Waals surface area contributed by atoms with Crippen molar-refractivity contribution in [2.75, 3.05) is 19.8 Å². The summed E-state index contributed by atoms with van der Waals surface area (Å²) in [7, 11) is 0. The molecular weight excluding hydrogens is 288 g/mol. The third-order valence-corrected chi connectivity index (χ3v) is 4.35. The van der Waals surface area contributed by atoms with Crippen molar-refractivity contribution in [1.82, 2.24) is 0 Å². The molecule has 0 spiro atoms. The molecule has 0 amide bonds. The topological polar surface area (TPSA) is 27.7 Å². The molecule has 0 aliphatic heterocycles. The molecule has 1 unspecified atom stereocenters. The Morgan fingerprint density at radius 3 is 1.48 bits per heavy atom. The van der Waals surface area contributed by atoms with Gasteiger partial charge < -0.3 is 14.2 Å². The van der Waals surface area contributed by atoms with Crippen LogP contribution in [0.4, 0.5) is 0 Å². The highest BCUT2D eigenvalue weighted by atomic mass is 16.9. The fraction of sp³-hybridized carbons (Fsp3) is 1.00. The Kier molecular flexibility index (Phi) is 15.3. The predicted octanol–water partition coefficient (Wildman–Crippen LogP) is 6.31. The van der Waals surface area contributed by atoms with Crippen molar-refractivity contribution in [3.05, 3.63) is 0 Å². The van der Waals surface area contributed by atoms with E-state index in [9.17, 15) is 0 Å². The van der Waals surface area contributed by atoms with Gasteiger partial charge in [0.2, 0.25) is 0 Å². The van der Waals surface area contributed by atoms with Crippen molar-refractivity contribution in [2.45, 2.75) is 105 Å². The monoisotopic (exact) mass is 330 g/mol. The second-order valence-electron chi connectivity index (χ2n) is 6.30. The van der Waals surface area contributed by atoms with E-state index in [4.69, 9.17) is 14.2 Å². The van der Waals surface area contributed by atoms with Gasteiger partial charge in [-0.15, -0.1) is 0 Å². The van der Waals surface area contributed by atoms with E-state index in [-0.39, 0.29) is 0 Å². The Balaban J connectivity index is 4.68. The fourth-order valence-corrected chi connectivity index (χ4v) is 3.20. The molecule has 0 radical (unpaired) electrons. The van der Waals surface area contributed by atoms with Crippen LogP contribution in [-0.2, 0) is 14.2 Å². The van der Waals surface area contributed by atoms with Gasteiger partial charge >= 0.3 is 0 Å². The van der Waals surface area contributed by atoms with Crippen molar-refractivity contribution in [2.24, 2.45) is 5.92 Å². The minimum atomic E-state index is -0.836. The Labute approximate surface area is 145 Å². The van der Waals surface area contributed by atoms with Crippen LogP contribution in [0.5, 0.6) is 0 Å². The second-order valence-corrected chi connectivity index (χ2v) is 6.30. The molecule has 140 valence electrons. The average Bonchev–Trinajstić information content (AvgIpc) is 2.54. The fourth-order valence-electron chi connectivity index (χ4n) is 3.20. The zero-order valence-electron chi connectivity index (χ0n) is 16.5. The molecule has 0 saturated heterocycles. The number of rotatable bonds is 17. The molecule has 0 bridgehead atoms. The molecule has 3 heteroatoms. The van der Waals surface area contributed by atoms with Crippen LogP contribution in [0.2, 0.25) is 0 Å². The van der Waals surface area contributed by atoms with Gasteiger partial charge in [-0.1, -0.05) is 65.2 Å². The van der Waals surface area contributed by atoms with Crippen LogP contribution in [0.1, 0.15) is 98.8 Å². The van der Waals surface area contributed by atoms with Crippen LogP contribution in [-0.4, -0.2) is 25.8 Å². The largest absolute Gasteiger partial charge is 0.328 e. The molecule has 0 fully saturated rings. The van der Waals surface area contributed by atoms with Gasteiger partial charge in [0.15, 0.2) is 0 Å². The summed E-state index contributed by atoms with van der Waals surface area (Å²) in [4.78, 5) is 0. The Bertz CT molecular complexity index is 226. The summed E-state index contributed by atoms with van der Waals surface area (Å²) in [6.45, 7) is 12.4. The van der Waals surface area contributed by atoms with Gasteiger partial charge in [-0.2, -0.15) is 0 Å². The first-order chi connectivity index (χ1) is 11.2. The summed E-state index contributed by atoms with van der Waals surface area (Å²) in [6, 6.07) is 0. The van der Waals surface area contributed by atoms with E-state index in [0.29, 0.717) is 25.7 Å². The van der Waals surface area contributed by atoms with Crippen LogP contribution in [0.15, 0.2) is 0 Å². The number of unbranched alkanes of at least 4 members (excludes halogenated alkanes) is 6. The quantitative estimate of drug-likeness (QED) is 0.231. The summed E-state index contributed by atoms with van der Waals surface area (Å²) >= 11 is 0. The lowest BCUT2D eigenvalue weighted by Gasteiger charge is -2.39. The highest BCUT2D eigenvalue weighted by Crippen LogP contribution is 2.34. The highest BCUT2D eigenvalue weighted by Gasteiger charge is 2.41. The maximum absolute atomic E-state index is 6.02. The van der Waals surface area contributed by atoms with E-state index in [1.54, 1.807) is 0 Å². The average molecular weight is 331 g/mol. The van der Waals surface area contributed by atoms with Crippen molar-refractivity contribution in [3.63, 3.8) is 0 Å². The molecule has 3 nitrogen and oxygen atoms in total. The van der Waals surface area contributed by atoms with Crippen LogP contribution < -0.4 is 0 Å². The maximum Gasteiger partial charge on any atom is 0.285 e. The van der Waals surface area contributed by atoms with E-state index in [0.717, 1.165) is 12.8 Å². The normalized spacial score (nSPS) is 13.4. The number of hydrogen-bond acceptors (Lipinski definition) is 3. The molecule has 0 aromatic rings. The molecule has 0 aliphatic rings. The summed E-state index contributed by atoms with van der Waals surface area (Å²) in [5.41, 5.74) is 0. The molecule has 0 heterocycles. The van der Waals surface area contributed by atoms with Gasteiger partial charge in [0.25, 0.3) is 5.97 Å². The Morgan fingerprint density at radius 2 is 1.00 bits per heavy atom. The third-order valence-electron chi connectivity index (χ3n) is 4.35. The SMILES string of the molecule is CCCCCCCCC(CCCC)C(OCC)(OCC)OCC. The first-order valence-electron chi connectivity index (χ1n) is 10.1. The van der Waals surface area contributed by atoms with Gasteiger partial charge in [-0.25, -0.2) is 0 Å². The first-order valence-corrected chi connectivity index (χ1v) is 10.1. The highest BCUT2D eigenvalue weighted by molar-refractivity contribution is 4.73. The summed E-state index contributed by atoms with van der Waals surface area (Å²) in [6.07, 6.45) is 12.6. The summed E-state index contributed by atoms with van der Waals surface area (Å²) < 4.78 is 18.1. The second kappa shape index (κ2) is 15.4. The first kappa shape index (κ1) is 22.9. The number of ether oxygens (including phenoxy) is 3. The van der Waals surface area contributed by atoms with Gasteiger partial charge in [0.05, 0.1) is 0 Å². The summed E-state index contributed by atoms with van der Waals surface area (Å²) in [5.74, 6) is -0.509. The minimum Gasteiger partial charge on any atom is -0.328 e. The van der Waals surface area contributed by atoms with E-state index in [1.165, 1.54) is 51.4 Å². The standard InChI is InChI=1S/C20H42O3/c1-6-11-13-14-15-16-18-19(17-12-7-2)20(21-8-3,22-9-4)23-10-5/h19H,6-18H2,1-5H3. The molecule has 0 aromatic heterocycles. The van der Waals surface area contributed by atoms with Gasteiger partial charge in [-0.05, 0) is 33.6 Å². The van der Waals surface area contributed by atoms with Crippen molar-refractivity contribution >= 4 is 0 Å². The molecule has 0 aromatic carbocycles. The smallest absolute Gasteiger partial charge is 0.285 e. The van der Waals surface area contributed by atoms with E-state index in [2.05, 4.69) is 13.8 Å². The third kappa shape index (κ3) is 9.69. The van der Waals surface area contributed by atoms with Crippen LogP contribution in [0.25, 0.3) is 0 Å². The van der Waals surface area contributed by atoms with Crippen molar-refractivity contribution < 1.29 is 14.2 Å². The molecule has 0 rings (SSSR count). The predicted molar refractivity (Wildman–Crippen MR) is 98.6 cm³/mol. The van der Waals surface area contributed by atoms with Gasteiger partial charge in [-0.3, -0.25) is 0 Å². The van der Waals surface area contributed by atoms with E-state index >= 15 is 0 Å². The molecular formula is C20H42O3. The number of hydrogen-bond donors (Lipinski definition) is 0. The molecule has 0 aliphatic carbocycles. The van der Waals surface area contributed by atoms with Gasteiger partial charge in [0.1, 0.15) is 0 Å². The van der Waals surface area contributed by atoms with E-state index < -0.39 is 5.97 Å². The molecule has 23 heavy (non-hydrogen) atoms. The molecule has 0 N–H and O–H groups in total. The minimum absolute atomic E-state index is 0.327. The Morgan fingerprint density at radius 1 is 0.565 bits per heavy atom. The van der Waals surface area contributed by atoms with Gasteiger partial charge in [0, 0.05) is 25.7 Å². The Hall–Kier alpha value is -0.120. The molecule has 0 saturated carbocycles. The lowest BCUT2D eigenvalue weighted by atomic mass is 9.92. The lowest BCUT2D eigenvalue weighted by Crippen LogP contribution is -2.46. The van der Waals surface area contributed by atoms with E-state index in [1.807, 2.05) is 20.8 Å². The van der Waals surface area contributed by atoms with Crippen molar-refractivity contribution in [3.8, 4) is 0 Å². The maximum atomic E-state index is 6.02. The zero-order chi connectivity index (χ0) is 17.4. The van der Waals surface area contributed by atoms with Crippen LogP contribution in [0, 0.1) is 5.92 Å². The zero-order valence-corrected chi connectivity index (χ0v) is 16.5. The summed E-state index contributed by atoms with van der Waals surface area (Å²) in [5, 5.41) is 0. The lowest BCUT2D eigenvalue weighted by molar-refractivity contribution is -0.403. The van der Waals surface area contributed by atoms with Crippen LogP contribution >= 0.6 is 0 Å². The molecule has 1 atom stereocenters. The van der Waals surface area contributed by atoms with Crippen LogP contribution in [0.3, 0.4) is 0 Å².